The highest BCUT2D eigenvalue weighted by molar-refractivity contribution is 6.30. The number of aromatic nitrogens is 2. The number of hydrogen-bond donors (Lipinski definition) is 1. The smallest absolute Gasteiger partial charge is 0.318 e. The Hall–Kier alpha value is -3.10. The predicted molar refractivity (Wildman–Crippen MR) is 134 cm³/mol. The third-order valence-corrected chi connectivity index (χ3v) is 7.43. The molecule has 5 rings (SSSR count). The van der Waals surface area contributed by atoms with Crippen LogP contribution in [0.2, 0.25) is 5.02 Å². The number of carbonyl (C=O) groups is 1. The molecule has 36 heavy (non-hydrogen) atoms. The number of likely N-dealkylation sites (tertiary alicyclic amines) is 1. The summed E-state index contributed by atoms with van der Waals surface area (Å²) >= 11 is 5.86. The van der Waals surface area contributed by atoms with Crippen molar-refractivity contribution >= 4 is 17.6 Å². The van der Waals surface area contributed by atoms with Gasteiger partial charge in [-0.2, -0.15) is 0 Å². The van der Waals surface area contributed by atoms with Crippen molar-refractivity contribution in [3.05, 3.63) is 93.0 Å². The van der Waals surface area contributed by atoms with Crippen molar-refractivity contribution in [1.82, 2.24) is 25.1 Å². The first-order valence-electron chi connectivity index (χ1n) is 12.0. The summed E-state index contributed by atoms with van der Waals surface area (Å²) in [5, 5.41) is 3.26. The predicted octanol–water partition coefficient (Wildman–Crippen LogP) is 4.47. The van der Waals surface area contributed by atoms with Crippen molar-refractivity contribution in [2.45, 2.75) is 38.3 Å². The van der Waals surface area contributed by atoms with Gasteiger partial charge < -0.3 is 15.1 Å². The zero-order valence-electron chi connectivity index (χ0n) is 20.3. The summed E-state index contributed by atoms with van der Waals surface area (Å²) in [5.41, 5.74) is 4.52. The van der Waals surface area contributed by atoms with Gasteiger partial charge in [0.25, 0.3) is 0 Å². The van der Waals surface area contributed by atoms with Crippen LogP contribution in [0.25, 0.3) is 0 Å². The van der Waals surface area contributed by atoms with E-state index in [1.807, 2.05) is 26.2 Å². The van der Waals surface area contributed by atoms with Gasteiger partial charge in [0.2, 0.25) is 0 Å². The van der Waals surface area contributed by atoms with Gasteiger partial charge in [0.15, 0.2) is 0 Å². The Morgan fingerprint density at radius 3 is 2.81 bits per heavy atom. The second-order valence-electron chi connectivity index (χ2n) is 9.73. The molecule has 0 bridgehead atoms. The molecule has 188 valence electrons. The number of nitrogens with one attached hydrogen (secondary N) is 1. The number of carbonyl (C=O) groups excluding carboxylic acids is 1. The van der Waals surface area contributed by atoms with Gasteiger partial charge in [-0.1, -0.05) is 23.7 Å². The summed E-state index contributed by atoms with van der Waals surface area (Å²) in [6.07, 6.45) is 3.01. The minimum Gasteiger partial charge on any atom is -0.333 e. The maximum atomic E-state index is 14.1. The van der Waals surface area contributed by atoms with Crippen LogP contribution >= 0.6 is 11.6 Å². The second kappa shape index (κ2) is 10.1. The molecule has 2 aromatic carbocycles. The average molecular weight is 512 g/mol. The van der Waals surface area contributed by atoms with E-state index in [0.717, 1.165) is 27.9 Å². The molecule has 3 aromatic rings. The number of nitrogens with zero attached hydrogens (tertiary/aromatic N) is 4. The third-order valence-electron chi connectivity index (χ3n) is 7.12. The standard InChI is InChI=1S/C27H28ClF2N5O/c1-16-9-20(29)5-3-17(16)11-26-31-12-19-7-8-35(15-24(19)32-26)27(36)33-25-14-34(2)13-21(25)18-4-6-22(28)23(30)10-18/h3-6,9-10,12,21,25H,7-8,11,13-15H2,1-2H3,(H,33,36)/t21-,25?/m0/s1. The molecular weight excluding hydrogens is 484 g/mol. The minimum atomic E-state index is -0.451. The van der Waals surface area contributed by atoms with E-state index in [1.54, 1.807) is 17.0 Å². The van der Waals surface area contributed by atoms with Gasteiger partial charge in [-0.25, -0.2) is 23.5 Å². The van der Waals surface area contributed by atoms with Gasteiger partial charge in [0.1, 0.15) is 17.5 Å². The Kier molecular flexibility index (Phi) is 6.90. The Labute approximate surface area is 214 Å². The number of urea groups is 1. The summed E-state index contributed by atoms with van der Waals surface area (Å²) in [6.45, 7) is 4.22. The molecule has 0 radical (unpaired) electrons. The molecule has 2 atom stereocenters. The molecule has 0 aliphatic carbocycles. The third kappa shape index (κ3) is 5.20. The van der Waals surface area contributed by atoms with Crippen LogP contribution in [0.4, 0.5) is 13.6 Å². The number of likely N-dealkylation sites (N-methyl/N-ethyl adjacent to an activating group) is 1. The molecule has 1 unspecified atom stereocenters. The SMILES string of the molecule is Cc1cc(F)ccc1Cc1ncc2c(n1)CN(C(=O)NC1CN(C)C[C@H]1c1ccc(Cl)c(F)c1)CC2. The van der Waals surface area contributed by atoms with Crippen molar-refractivity contribution in [3.63, 3.8) is 0 Å². The first-order valence-corrected chi connectivity index (χ1v) is 12.4. The Morgan fingerprint density at radius 2 is 2.03 bits per heavy atom. The van der Waals surface area contributed by atoms with Crippen molar-refractivity contribution < 1.29 is 13.6 Å². The lowest BCUT2D eigenvalue weighted by atomic mass is 9.94. The quantitative estimate of drug-likeness (QED) is 0.561. The van der Waals surface area contributed by atoms with E-state index in [1.165, 1.54) is 18.2 Å². The molecule has 1 fully saturated rings. The number of rotatable bonds is 4. The summed E-state index contributed by atoms with van der Waals surface area (Å²) in [7, 11) is 1.99. The van der Waals surface area contributed by atoms with Gasteiger partial charge in [-0.15, -0.1) is 0 Å². The summed E-state index contributed by atoms with van der Waals surface area (Å²) in [5.74, 6) is -0.0995. The number of amides is 2. The zero-order chi connectivity index (χ0) is 25.4. The fraction of sp³-hybridized carbons (Fsp3) is 0.370. The van der Waals surface area contributed by atoms with Crippen LogP contribution in [0.1, 0.15) is 39.7 Å². The molecule has 0 saturated carbocycles. The van der Waals surface area contributed by atoms with E-state index in [-0.39, 0.29) is 28.8 Å². The highest BCUT2D eigenvalue weighted by atomic mass is 35.5. The lowest BCUT2D eigenvalue weighted by molar-refractivity contribution is 0.186. The van der Waals surface area contributed by atoms with Crippen LogP contribution in [0, 0.1) is 18.6 Å². The molecule has 1 aromatic heterocycles. The second-order valence-corrected chi connectivity index (χ2v) is 10.1. The lowest BCUT2D eigenvalue weighted by Crippen LogP contribution is -2.49. The van der Waals surface area contributed by atoms with Crippen molar-refractivity contribution in [3.8, 4) is 0 Å². The molecule has 2 aliphatic rings. The van der Waals surface area contributed by atoms with Crippen molar-refractivity contribution in [2.75, 3.05) is 26.7 Å². The van der Waals surface area contributed by atoms with Crippen LogP contribution in [0.5, 0.6) is 0 Å². The largest absolute Gasteiger partial charge is 0.333 e. The van der Waals surface area contributed by atoms with E-state index >= 15 is 0 Å². The van der Waals surface area contributed by atoms with Gasteiger partial charge in [-0.3, -0.25) is 0 Å². The maximum absolute atomic E-state index is 14.1. The minimum absolute atomic E-state index is 0.0318. The first kappa shape index (κ1) is 24.6. The number of halogens is 3. The molecule has 9 heteroatoms. The van der Waals surface area contributed by atoms with Crippen LogP contribution in [0.3, 0.4) is 0 Å². The maximum Gasteiger partial charge on any atom is 0.318 e. The van der Waals surface area contributed by atoms with Gasteiger partial charge in [-0.05, 0) is 66.9 Å². The molecule has 3 heterocycles. The van der Waals surface area contributed by atoms with Crippen molar-refractivity contribution in [1.29, 1.82) is 0 Å². The fourth-order valence-corrected chi connectivity index (χ4v) is 5.23. The normalized spacial score (nSPS) is 19.9. The van der Waals surface area contributed by atoms with Crippen LogP contribution in [0.15, 0.2) is 42.6 Å². The summed E-state index contributed by atoms with van der Waals surface area (Å²) < 4.78 is 27.5. The summed E-state index contributed by atoms with van der Waals surface area (Å²) in [4.78, 5) is 26.4. The topological polar surface area (TPSA) is 61.4 Å². The summed E-state index contributed by atoms with van der Waals surface area (Å²) in [6, 6.07) is 9.26. The van der Waals surface area contributed by atoms with Gasteiger partial charge in [0.05, 0.1) is 23.3 Å². The fourth-order valence-electron chi connectivity index (χ4n) is 5.11. The molecular formula is C27H28ClF2N5O. The highest BCUT2D eigenvalue weighted by Crippen LogP contribution is 2.30. The van der Waals surface area contributed by atoms with E-state index in [4.69, 9.17) is 16.6 Å². The van der Waals surface area contributed by atoms with E-state index < -0.39 is 5.82 Å². The zero-order valence-corrected chi connectivity index (χ0v) is 21.0. The van der Waals surface area contributed by atoms with Crippen LogP contribution in [-0.2, 0) is 19.4 Å². The van der Waals surface area contributed by atoms with Gasteiger partial charge >= 0.3 is 6.03 Å². The van der Waals surface area contributed by atoms with E-state index in [2.05, 4.69) is 15.2 Å². The first-order chi connectivity index (χ1) is 17.3. The number of aryl methyl sites for hydroxylation is 1. The van der Waals surface area contributed by atoms with Crippen molar-refractivity contribution in [2.24, 2.45) is 0 Å². The molecule has 1 saturated heterocycles. The van der Waals surface area contributed by atoms with Gasteiger partial charge in [0, 0.05) is 38.2 Å². The van der Waals surface area contributed by atoms with E-state index in [9.17, 15) is 13.6 Å². The van der Waals surface area contributed by atoms with Crippen LogP contribution < -0.4 is 5.32 Å². The van der Waals surface area contributed by atoms with Crippen LogP contribution in [-0.4, -0.2) is 58.5 Å². The molecule has 0 spiro atoms. The molecule has 6 nitrogen and oxygen atoms in total. The Balaban J connectivity index is 1.28. The van der Waals surface area contributed by atoms with E-state index in [0.29, 0.717) is 44.8 Å². The average Bonchev–Trinajstić information content (AvgIpc) is 3.22. The molecule has 1 N–H and O–H groups in total. The number of hydrogen-bond acceptors (Lipinski definition) is 4. The monoisotopic (exact) mass is 511 g/mol. The Bertz CT molecular complexity index is 1300. The lowest BCUT2D eigenvalue weighted by Gasteiger charge is -2.30. The Morgan fingerprint density at radius 1 is 1.19 bits per heavy atom. The number of benzene rings is 2. The number of fused-ring (bicyclic) bond motifs is 1. The highest BCUT2D eigenvalue weighted by Gasteiger charge is 2.35. The molecule has 2 aliphatic heterocycles. The molecule has 2 amide bonds.